The molecule has 0 fully saturated rings. The lowest BCUT2D eigenvalue weighted by Crippen LogP contribution is -2.50. The van der Waals surface area contributed by atoms with Crippen molar-refractivity contribution in [1.82, 2.24) is 10.6 Å². The van der Waals surface area contributed by atoms with Crippen LogP contribution < -0.4 is 16.4 Å². The molecule has 108 valence electrons. The molecular formula is C11H24ClN3O3. The van der Waals surface area contributed by atoms with Gasteiger partial charge in [0.1, 0.15) is 12.6 Å². The van der Waals surface area contributed by atoms with Crippen LogP contribution in [0.25, 0.3) is 0 Å². The van der Waals surface area contributed by atoms with E-state index in [0.717, 1.165) is 6.42 Å². The standard InChI is InChI=1S/C11H23N3O3.ClH/c1-8(2)10(14-9(15)7-17-3)11(16)13-6-4-5-12;/h8,10H,4-7,12H2,1-3H3,(H,13,16)(H,14,15);1H/t10-;/m0./s1. The molecule has 0 aromatic rings. The average molecular weight is 282 g/mol. The second-order valence-electron chi connectivity index (χ2n) is 4.16. The van der Waals surface area contributed by atoms with E-state index in [9.17, 15) is 9.59 Å². The van der Waals surface area contributed by atoms with Gasteiger partial charge < -0.3 is 21.1 Å². The Morgan fingerprint density at radius 3 is 2.39 bits per heavy atom. The fourth-order valence-corrected chi connectivity index (χ4v) is 1.30. The summed E-state index contributed by atoms with van der Waals surface area (Å²) in [5, 5.41) is 5.37. The molecule has 0 bridgehead atoms. The molecule has 0 aliphatic heterocycles. The molecule has 0 aromatic heterocycles. The Hall–Kier alpha value is -0.850. The van der Waals surface area contributed by atoms with Crippen molar-refractivity contribution in [3.8, 4) is 0 Å². The number of halogens is 1. The van der Waals surface area contributed by atoms with Crippen molar-refractivity contribution in [2.24, 2.45) is 11.7 Å². The van der Waals surface area contributed by atoms with Crippen LogP contribution in [-0.4, -0.2) is 44.7 Å². The van der Waals surface area contributed by atoms with Gasteiger partial charge in [-0.3, -0.25) is 9.59 Å². The summed E-state index contributed by atoms with van der Waals surface area (Å²) in [5.41, 5.74) is 5.33. The normalized spacial score (nSPS) is 11.6. The second kappa shape index (κ2) is 11.3. The summed E-state index contributed by atoms with van der Waals surface area (Å²) in [6.07, 6.45) is 0.725. The number of nitrogens with one attached hydrogen (secondary N) is 2. The van der Waals surface area contributed by atoms with E-state index in [1.54, 1.807) is 0 Å². The highest BCUT2D eigenvalue weighted by molar-refractivity contribution is 5.88. The van der Waals surface area contributed by atoms with E-state index in [0.29, 0.717) is 13.1 Å². The molecular weight excluding hydrogens is 258 g/mol. The Balaban J connectivity index is 0. The maximum absolute atomic E-state index is 11.8. The van der Waals surface area contributed by atoms with Crippen LogP contribution in [0.1, 0.15) is 20.3 Å². The van der Waals surface area contributed by atoms with Crippen LogP contribution in [0.15, 0.2) is 0 Å². The first-order chi connectivity index (χ1) is 8.02. The SMILES string of the molecule is COCC(=O)N[C@H](C(=O)NCCCN)C(C)C.Cl. The number of hydrogen-bond acceptors (Lipinski definition) is 4. The third-order valence-corrected chi connectivity index (χ3v) is 2.22. The molecule has 18 heavy (non-hydrogen) atoms. The third-order valence-electron chi connectivity index (χ3n) is 2.22. The quantitative estimate of drug-likeness (QED) is 0.531. The number of methoxy groups -OCH3 is 1. The van der Waals surface area contributed by atoms with Gasteiger partial charge in [0.05, 0.1) is 0 Å². The van der Waals surface area contributed by atoms with Crippen molar-refractivity contribution >= 4 is 24.2 Å². The van der Waals surface area contributed by atoms with Gasteiger partial charge in [0.2, 0.25) is 11.8 Å². The average Bonchev–Trinajstić information content (AvgIpc) is 2.26. The van der Waals surface area contributed by atoms with Crippen molar-refractivity contribution < 1.29 is 14.3 Å². The van der Waals surface area contributed by atoms with E-state index in [1.807, 2.05) is 13.8 Å². The molecule has 0 aromatic carbocycles. The summed E-state index contributed by atoms with van der Waals surface area (Å²) in [6, 6.07) is -0.532. The van der Waals surface area contributed by atoms with Gasteiger partial charge in [-0.2, -0.15) is 0 Å². The van der Waals surface area contributed by atoms with Gasteiger partial charge in [-0.25, -0.2) is 0 Å². The molecule has 0 spiro atoms. The van der Waals surface area contributed by atoms with Crippen molar-refractivity contribution in [3.63, 3.8) is 0 Å². The molecule has 6 nitrogen and oxygen atoms in total. The topological polar surface area (TPSA) is 93.4 Å². The first kappa shape index (κ1) is 19.5. The maximum Gasteiger partial charge on any atom is 0.246 e. The van der Waals surface area contributed by atoms with Gasteiger partial charge in [-0.05, 0) is 18.9 Å². The van der Waals surface area contributed by atoms with Gasteiger partial charge in [0.15, 0.2) is 0 Å². The number of nitrogens with two attached hydrogens (primary N) is 1. The van der Waals surface area contributed by atoms with E-state index >= 15 is 0 Å². The van der Waals surface area contributed by atoms with Gasteiger partial charge in [-0.15, -0.1) is 12.4 Å². The Morgan fingerprint density at radius 1 is 1.33 bits per heavy atom. The maximum atomic E-state index is 11.8. The molecule has 0 unspecified atom stereocenters. The minimum Gasteiger partial charge on any atom is -0.375 e. The summed E-state index contributed by atoms with van der Waals surface area (Å²) in [7, 11) is 1.44. The summed E-state index contributed by atoms with van der Waals surface area (Å²) in [5.74, 6) is -0.452. The first-order valence-corrected chi connectivity index (χ1v) is 5.79. The summed E-state index contributed by atoms with van der Waals surface area (Å²) < 4.78 is 4.70. The van der Waals surface area contributed by atoms with Gasteiger partial charge >= 0.3 is 0 Å². The number of hydrogen-bond donors (Lipinski definition) is 3. The number of rotatable bonds is 8. The molecule has 0 radical (unpaired) electrons. The zero-order valence-electron chi connectivity index (χ0n) is 11.2. The molecule has 1 atom stereocenters. The van der Waals surface area contributed by atoms with Crippen molar-refractivity contribution in [2.75, 3.05) is 26.8 Å². The predicted octanol–water partition coefficient (Wildman–Crippen LogP) is -0.340. The Kier molecular flexibility index (Phi) is 12.2. The number of carbonyl (C=O) groups excluding carboxylic acids is 2. The fraction of sp³-hybridized carbons (Fsp3) is 0.818. The van der Waals surface area contributed by atoms with Crippen molar-refractivity contribution in [1.29, 1.82) is 0 Å². The molecule has 0 saturated carbocycles. The first-order valence-electron chi connectivity index (χ1n) is 5.79. The van der Waals surface area contributed by atoms with E-state index in [2.05, 4.69) is 10.6 Å². The molecule has 0 aliphatic rings. The van der Waals surface area contributed by atoms with E-state index in [4.69, 9.17) is 10.5 Å². The second-order valence-corrected chi connectivity index (χ2v) is 4.16. The van der Waals surface area contributed by atoms with Crippen molar-refractivity contribution in [3.05, 3.63) is 0 Å². The highest BCUT2D eigenvalue weighted by atomic mass is 35.5. The van der Waals surface area contributed by atoms with Crippen LogP contribution >= 0.6 is 12.4 Å². The van der Waals surface area contributed by atoms with E-state index in [-0.39, 0.29) is 36.7 Å². The van der Waals surface area contributed by atoms with E-state index < -0.39 is 6.04 Å². The van der Waals surface area contributed by atoms with E-state index in [1.165, 1.54) is 7.11 Å². The van der Waals surface area contributed by atoms with Gasteiger partial charge in [0.25, 0.3) is 0 Å². The summed E-state index contributed by atoms with van der Waals surface area (Å²) in [6.45, 7) is 4.77. The van der Waals surface area contributed by atoms with Crippen LogP contribution in [-0.2, 0) is 14.3 Å². The zero-order valence-corrected chi connectivity index (χ0v) is 12.0. The molecule has 0 aliphatic carbocycles. The van der Waals surface area contributed by atoms with Crippen LogP contribution in [0, 0.1) is 5.92 Å². The van der Waals surface area contributed by atoms with Crippen LogP contribution in [0.2, 0.25) is 0 Å². The molecule has 7 heteroatoms. The van der Waals surface area contributed by atoms with Crippen LogP contribution in [0.4, 0.5) is 0 Å². The smallest absolute Gasteiger partial charge is 0.246 e. The summed E-state index contributed by atoms with van der Waals surface area (Å²) >= 11 is 0. The molecule has 2 amide bonds. The fourth-order valence-electron chi connectivity index (χ4n) is 1.30. The molecule has 0 rings (SSSR count). The Bertz CT molecular complexity index is 250. The zero-order chi connectivity index (χ0) is 13.3. The highest BCUT2D eigenvalue weighted by Crippen LogP contribution is 2.01. The lowest BCUT2D eigenvalue weighted by Gasteiger charge is -2.21. The van der Waals surface area contributed by atoms with Crippen LogP contribution in [0.5, 0.6) is 0 Å². The lowest BCUT2D eigenvalue weighted by molar-refractivity contribution is -0.131. The molecule has 0 saturated heterocycles. The predicted molar refractivity (Wildman–Crippen MR) is 72.6 cm³/mol. The van der Waals surface area contributed by atoms with Gasteiger partial charge in [0, 0.05) is 13.7 Å². The molecule has 0 heterocycles. The summed E-state index contributed by atoms with van der Waals surface area (Å²) in [4.78, 5) is 23.1. The monoisotopic (exact) mass is 281 g/mol. The Morgan fingerprint density at radius 2 is 1.94 bits per heavy atom. The van der Waals surface area contributed by atoms with Crippen molar-refractivity contribution in [2.45, 2.75) is 26.3 Å². The molecule has 4 N–H and O–H groups in total. The minimum absolute atomic E-state index is 0. The number of carbonyl (C=O) groups is 2. The number of amides is 2. The lowest BCUT2D eigenvalue weighted by atomic mass is 10.0. The third kappa shape index (κ3) is 8.27. The van der Waals surface area contributed by atoms with Crippen LogP contribution in [0.3, 0.4) is 0 Å². The number of ether oxygens (including phenoxy) is 1. The Labute approximate surface area is 114 Å². The minimum atomic E-state index is -0.532. The largest absolute Gasteiger partial charge is 0.375 e. The van der Waals surface area contributed by atoms with Gasteiger partial charge in [-0.1, -0.05) is 13.8 Å². The highest BCUT2D eigenvalue weighted by Gasteiger charge is 2.23.